The van der Waals surface area contributed by atoms with Gasteiger partial charge in [0.15, 0.2) is 8.07 Å². The molecule has 2 heteroatoms. The van der Waals surface area contributed by atoms with Gasteiger partial charge in [0.05, 0.1) is 11.0 Å². The van der Waals surface area contributed by atoms with Crippen LogP contribution in [0.1, 0.15) is 25.0 Å². The second kappa shape index (κ2) is 12.2. The van der Waals surface area contributed by atoms with Crippen LogP contribution in [0.2, 0.25) is 0 Å². The predicted octanol–water partition coefficient (Wildman–Crippen LogP) is 10.1. The monoisotopic (exact) mass is 693 g/mol. The smallest absolute Gasteiger partial charge is 0.179 e. The molecule has 1 heterocycles. The number of hydrogen-bond donors (Lipinski definition) is 0. The lowest BCUT2D eigenvalue weighted by molar-refractivity contribution is 0.660. The fourth-order valence-electron chi connectivity index (χ4n) is 9.24. The van der Waals surface area contributed by atoms with E-state index in [1.807, 2.05) is 0 Å². The van der Waals surface area contributed by atoms with Gasteiger partial charge in [-0.2, -0.15) is 0 Å². The van der Waals surface area contributed by atoms with Gasteiger partial charge in [0.2, 0.25) is 0 Å². The van der Waals surface area contributed by atoms with E-state index >= 15 is 0 Å². The van der Waals surface area contributed by atoms with Crippen LogP contribution in [0, 0.1) is 0 Å². The van der Waals surface area contributed by atoms with Gasteiger partial charge in [-0.1, -0.05) is 190 Å². The second-order valence-corrected chi connectivity index (χ2v) is 18.7. The van der Waals surface area contributed by atoms with Crippen molar-refractivity contribution in [1.82, 2.24) is 4.57 Å². The first-order chi connectivity index (χ1) is 26.0. The van der Waals surface area contributed by atoms with E-state index in [9.17, 15) is 0 Å². The maximum atomic E-state index is 2.56. The van der Waals surface area contributed by atoms with E-state index < -0.39 is 8.07 Å². The molecule has 0 fully saturated rings. The van der Waals surface area contributed by atoms with Gasteiger partial charge in [-0.05, 0) is 78.4 Å². The SMILES string of the molecule is CC1(C)c2ccccc2-c2cc([Si](c3ccccc3)(c3ccc(-c4ccccc4)cc3)c3ccc4c5ccccc5n(-c5ccccc5)c4c3)ccc21. The minimum atomic E-state index is -2.94. The Morgan fingerprint density at radius 1 is 0.377 bits per heavy atom. The minimum absolute atomic E-state index is 0.0612. The quantitative estimate of drug-likeness (QED) is 0.121. The zero-order valence-corrected chi connectivity index (χ0v) is 31.0. The molecule has 0 radical (unpaired) electrons. The molecule has 10 rings (SSSR count). The predicted molar refractivity (Wildman–Crippen MR) is 227 cm³/mol. The van der Waals surface area contributed by atoms with Crippen molar-refractivity contribution in [3.8, 4) is 27.9 Å². The van der Waals surface area contributed by atoms with Crippen LogP contribution in [0.25, 0.3) is 49.7 Å². The van der Waals surface area contributed by atoms with Gasteiger partial charge in [0.1, 0.15) is 0 Å². The highest BCUT2D eigenvalue weighted by Crippen LogP contribution is 2.48. The van der Waals surface area contributed by atoms with E-state index in [4.69, 9.17) is 0 Å². The largest absolute Gasteiger partial charge is 0.309 e. The number of para-hydroxylation sites is 2. The number of rotatable bonds is 6. The van der Waals surface area contributed by atoms with Crippen molar-refractivity contribution in [2.24, 2.45) is 0 Å². The Bertz CT molecular complexity index is 2780. The number of benzene rings is 8. The van der Waals surface area contributed by atoms with Gasteiger partial charge >= 0.3 is 0 Å². The first-order valence-electron chi connectivity index (χ1n) is 18.6. The van der Waals surface area contributed by atoms with E-state index in [1.165, 1.54) is 81.6 Å². The standard InChI is InChI=1S/C51H39NSi/c1-51(2)47-24-14-12-22-43(47)46-34-41(31-33-48(46)51)53(39-20-10-5-11-21-39,40-28-26-37(27-29-40)36-16-6-3-7-17-36)42-30-32-45-44-23-13-15-25-49(44)52(50(45)35-42)38-18-8-4-9-19-38/h3-35H,1-2H3. The van der Waals surface area contributed by atoms with Crippen molar-refractivity contribution < 1.29 is 0 Å². The summed E-state index contributed by atoms with van der Waals surface area (Å²) < 4.78 is 2.46. The number of aromatic nitrogens is 1. The number of nitrogens with zero attached hydrogens (tertiary/aromatic N) is 1. The third-order valence-electron chi connectivity index (χ3n) is 11.8. The summed E-state index contributed by atoms with van der Waals surface area (Å²) in [7, 11) is -2.94. The lowest BCUT2D eigenvalue weighted by Gasteiger charge is -2.35. The second-order valence-electron chi connectivity index (χ2n) is 14.9. The molecule has 53 heavy (non-hydrogen) atoms. The Morgan fingerprint density at radius 2 is 0.906 bits per heavy atom. The highest BCUT2D eigenvalue weighted by molar-refractivity contribution is 7.20. The highest BCUT2D eigenvalue weighted by Gasteiger charge is 2.44. The summed E-state index contributed by atoms with van der Waals surface area (Å²) in [6.45, 7) is 4.75. The highest BCUT2D eigenvalue weighted by atomic mass is 28.3. The van der Waals surface area contributed by atoms with Gasteiger partial charge in [-0.25, -0.2) is 0 Å². The van der Waals surface area contributed by atoms with Crippen LogP contribution < -0.4 is 20.7 Å². The van der Waals surface area contributed by atoms with Gasteiger partial charge in [-0.3, -0.25) is 0 Å². The summed E-state index contributed by atoms with van der Waals surface area (Å²) in [5.74, 6) is 0. The summed E-state index contributed by atoms with van der Waals surface area (Å²) >= 11 is 0. The van der Waals surface area contributed by atoms with Gasteiger partial charge < -0.3 is 4.57 Å². The molecule has 9 aromatic rings. The average molecular weight is 694 g/mol. The number of fused-ring (bicyclic) bond motifs is 6. The molecule has 1 nitrogen and oxygen atoms in total. The van der Waals surface area contributed by atoms with Crippen molar-refractivity contribution in [1.29, 1.82) is 0 Å². The average Bonchev–Trinajstić information content (AvgIpc) is 3.67. The molecule has 0 amide bonds. The Morgan fingerprint density at radius 3 is 1.68 bits per heavy atom. The first kappa shape index (κ1) is 31.5. The topological polar surface area (TPSA) is 4.93 Å². The van der Waals surface area contributed by atoms with E-state index in [0.717, 1.165) is 0 Å². The van der Waals surface area contributed by atoms with Crippen LogP contribution in [0.3, 0.4) is 0 Å². The van der Waals surface area contributed by atoms with E-state index in [2.05, 4.69) is 219 Å². The fourth-order valence-corrected chi connectivity index (χ4v) is 14.0. The van der Waals surface area contributed by atoms with E-state index in [1.54, 1.807) is 0 Å². The Labute approximate surface area is 312 Å². The van der Waals surface area contributed by atoms with Gasteiger partial charge in [-0.15, -0.1) is 0 Å². The van der Waals surface area contributed by atoms with E-state index in [-0.39, 0.29) is 5.41 Å². The third kappa shape index (κ3) is 4.76. The molecular formula is C51H39NSi. The Kier molecular flexibility index (Phi) is 7.25. The molecule has 1 aliphatic rings. The van der Waals surface area contributed by atoms with Crippen molar-refractivity contribution in [2.45, 2.75) is 19.3 Å². The lowest BCUT2D eigenvalue weighted by atomic mass is 9.82. The summed E-state index contributed by atoms with van der Waals surface area (Å²) in [6.07, 6.45) is 0. The molecular weight excluding hydrogens is 655 g/mol. The van der Waals surface area contributed by atoms with E-state index in [0.29, 0.717) is 0 Å². The molecule has 0 spiro atoms. The Balaban J connectivity index is 1.31. The van der Waals surface area contributed by atoms with Crippen LogP contribution >= 0.6 is 0 Å². The summed E-state index contributed by atoms with van der Waals surface area (Å²) in [5, 5.41) is 8.05. The molecule has 0 N–H and O–H groups in total. The molecule has 1 aliphatic carbocycles. The minimum Gasteiger partial charge on any atom is -0.309 e. The fraction of sp³-hybridized carbons (Fsp3) is 0.0588. The van der Waals surface area contributed by atoms with Crippen molar-refractivity contribution in [3.63, 3.8) is 0 Å². The van der Waals surface area contributed by atoms with Crippen LogP contribution in [0.5, 0.6) is 0 Å². The number of hydrogen-bond acceptors (Lipinski definition) is 0. The molecule has 1 atom stereocenters. The van der Waals surface area contributed by atoms with Crippen LogP contribution in [-0.2, 0) is 5.41 Å². The molecule has 0 bridgehead atoms. The molecule has 8 aromatic carbocycles. The molecule has 0 saturated heterocycles. The van der Waals surface area contributed by atoms with Crippen molar-refractivity contribution in [3.05, 3.63) is 211 Å². The Hall–Kier alpha value is -6.22. The normalized spacial score (nSPS) is 14.2. The summed E-state index contributed by atoms with van der Waals surface area (Å²) in [4.78, 5) is 0. The zero-order chi connectivity index (χ0) is 35.6. The van der Waals surface area contributed by atoms with Crippen molar-refractivity contribution >= 4 is 50.6 Å². The van der Waals surface area contributed by atoms with Gasteiger partial charge in [0, 0.05) is 21.9 Å². The molecule has 252 valence electrons. The summed E-state index contributed by atoms with van der Waals surface area (Å²) in [6, 6.07) is 75.1. The van der Waals surface area contributed by atoms with Crippen molar-refractivity contribution in [2.75, 3.05) is 0 Å². The van der Waals surface area contributed by atoms with Crippen LogP contribution in [0.4, 0.5) is 0 Å². The van der Waals surface area contributed by atoms with Crippen LogP contribution in [-0.4, -0.2) is 12.6 Å². The maximum Gasteiger partial charge on any atom is 0.179 e. The van der Waals surface area contributed by atoms with Gasteiger partial charge in [0.25, 0.3) is 0 Å². The van der Waals surface area contributed by atoms with Crippen LogP contribution in [0.15, 0.2) is 200 Å². The molecule has 1 aromatic heterocycles. The first-order valence-corrected chi connectivity index (χ1v) is 20.6. The molecule has 0 saturated carbocycles. The lowest BCUT2D eigenvalue weighted by Crippen LogP contribution is -2.74. The third-order valence-corrected chi connectivity index (χ3v) is 16.5. The molecule has 1 unspecified atom stereocenters. The maximum absolute atomic E-state index is 2.94. The summed E-state index contributed by atoms with van der Waals surface area (Å²) in [5.41, 5.74) is 11.5. The zero-order valence-electron chi connectivity index (χ0n) is 30.0. The molecule has 0 aliphatic heterocycles.